The molecular weight excluding hydrogens is 110 g/mol. The zero-order valence-electron chi connectivity index (χ0n) is 6.18. The molecule has 0 atom stereocenters. The van der Waals surface area contributed by atoms with Crippen molar-refractivity contribution in [1.82, 2.24) is 0 Å². The van der Waals surface area contributed by atoms with Crippen LogP contribution in [0.5, 0.6) is 0 Å². The monoisotopic (exact) mass is 122 g/mol. The normalized spacial score (nSPS) is 9.67. The summed E-state index contributed by atoms with van der Waals surface area (Å²) in [6.45, 7) is 4.21. The number of nitrogens with zero attached hydrogens (tertiary/aromatic N) is 1. The summed E-state index contributed by atoms with van der Waals surface area (Å²) in [5.74, 6) is 0. The highest BCUT2D eigenvalue weighted by Gasteiger charge is 2.00. The first kappa shape index (κ1) is 6.27. The van der Waals surface area contributed by atoms with Crippen LogP contribution in [-0.4, -0.2) is 0 Å². The highest BCUT2D eigenvalue weighted by atomic mass is 14.9. The Morgan fingerprint density at radius 2 is 1.56 bits per heavy atom. The predicted molar refractivity (Wildman–Crippen MR) is 37.1 cm³/mol. The van der Waals surface area contributed by atoms with E-state index in [2.05, 4.69) is 43.7 Å². The second-order valence-electron chi connectivity index (χ2n) is 2.37. The number of hydrogen-bond donors (Lipinski definition) is 0. The van der Waals surface area contributed by atoms with Gasteiger partial charge in [0.05, 0.1) is 0 Å². The molecule has 0 aromatic carbocycles. The average Bonchev–Trinajstić information content (AvgIpc) is 1.83. The molecular formula is C8H12N+. The summed E-state index contributed by atoms with van der Waals surface area (Å²) < 4.78 is 2.17. The molecule has 9 heavy (non-hydrogen) atoms. The van der Waals surface area contributed by atoms with E-state index in [1.807, 2.05) is 0 Å². The van der Waals surface area contributed by atoms with Crippen LogP contribution in [0.1, 0.15) is 11.4 Å². The van der Waals surface area contributed by atoms with Gasteiger partial charge in [0.25, 0.3) is 0 Å². The fourth-order valence-electron chi connectivity index (χ4n) is 0.828. The van der Waals surface area contributed by atoms with Gasteiger partial charge in [0, 0.05) is 26.0 Å². The first-order valence-electron chi connectivity index (χ1n) is 3.14. The molecule has 0 amide bonds. The number of aryl methyl sites for hydroxylation is 2. The lowest BCUT2D eigenvalue weighted by Crippen LogP contribution is -2.34. The summed E-state index contributed by atoms with van der Waals surface area (Å²) >= 11 is 0. The Labute approximate surface area is 56.0 Å². The van der Waals surface area contributed by atoms with Gasteiger partial charge < -0.3 is 0 Å². The number of aromatic nitrogens is 1. The average molecular weight is 122 g/mol. The van der Waals surface area contributed by atoms with Crippen LogP contribution in [0.3, 0.4) is 0 Å². The summed E-state index contributed by atoms with van der Waals surface area (Å²) in [5, 5.41) is 0. The lowest BCUT2D eigenvalue weighted by molar-refractivity contribution is -0.683. The Bertz CT molecular complexity index is 196. The molecule has 1 rings (SSSR count). The molecule has 0 unspecified atom stereocenters. The fourth-order valence-corrected chi connectivity index (χ4v) is 0.828. The van der Waals surface area contributed by atoms with Crippen molar-refractivity contribution in [2.75, 3.05) is 0 Å². The maximum absolute atomic E-state index is 2.17. The van der Waals surface area contributed by atoms with E-state index in [1.165, 1.54) is 11.4 Å². The molecule has 0 N–H and O–H groups in total. The van der Waals surface area contributed by atoms with Crippen molar-refractivity contribution in [2.45, 2.75) is 13.8 Å². The van der Waals surface area contributed by atoms with Gasteiger partial charge in [-0.2, -0.15) is 0 Å². The molecule has 0 fully saturated rings. The van der Waals surface area contributed by atoms with E-state index in [4.69, 9.17) is 0 Å². The van der Waals surface area contributed by atoms with Crippen molar-refractivity contribution >= 4 is 0 Å². The lowest BCUT2D eigenvalue weighted by Gasteiger charge is -1.94. The van der Waals surface area contributed by atoms with E-state index in [-0.39, 0.29) is 0 Å². The van der Waals surface area contributed by atoms with Crippen LogP contribution in [-0.2, 0) is 7.05 Å². The summed E-state index contributed by atoms with van der Waals surface area (Å²) in [4.78, 5) is 0. The Balaban J connectivity index is 3.25. The molecule has 1 aromatic rings. The minimum Gasteiger partial charge on any atom is -0.203 e. The molecule has 1 nitrogen and oxygen atoms in total. The van der Waals surface area contributed by atoms with Crippen LogP contribution < -0.4 is 4.57 Å². The molecule has 1 heterocycles. The third kappa shape index (κ3) is 1.10. The zero-order valence-corrected chi connectivity index (χ0v) is 6.18. The first-order chi connectivity index (χ1) is 4.22. The smallest absolute Gasteiger partial charge is 0.178 e. The number of hydrogen-bond acceptors (Lipinski definition) is 0. The van der Waals surface area contributed by atoms with Crippen molar-refractivity contribution in [2.24, 2.45) is 7.05 Å². The van der Waals surface area contributed by atoms with Crippen LogP contribution in [0.4, 0.5) is 0 Å². The van der Waals surface area contributed by atoms with E-state index in [1.54, 1.807) is 0 Å². The van der Waals surface area contributed by atoms with Gasteiger partial charge in [-0.05, 0) is 6.07 Å². The Morgan fingerprint density at radius 3 is 1.89 bits per heavy atom. The quantitative estimate of drug-likeness (QED) is 0.454. The van der Waals surface area contributed by atoms with E-state index < -0.39 is 0 Å². The van der Waals surface area contributed by atoms with Crippen molar-refractivity contribution in [3.05, 3.63) is 29.6 Å². The third-order valence-electron chi connectivity index (χ3n) is 1.73. The van der Waals surface area contributed by atoms with Gasteiger partial charge in [-0.1, -0.05) is 0 Å². The van der Waals surface area contributed by atoms with Crippen LogP contribution in [0.15, 0.2) is 18.2 Å². The number of pyridine rings is 1. The summed E-state index contributed by atoms with van der Waals surface area (Å²) in [6, 6.07) is 6.28. The molecule has 0 radical (unpaired) electrons. The van der Waals surface area contributed by atoms with Crippen LogP contribution >= 0.6 is 0 Å². The van der Waals surface area contributed by atoms with Gasteiger partial charge in [-0.3, -0.25) is 0 Å². The van der Waals surface area contributed by atoms with Gasteiger partial charge >= 0.3 is 0 Å². The largest absolute Gasteiger partial charge is 0.203 e. The Morgan fingerprint density at radius 1 is 1.11 bits per heavy atom. The molecule has 0 aliphatic heterocycles. The predicted octanol–water partition coefficient (Wildman–Crippen LogP) is 1.13. The Hall–Kier alpha value is -0.850. The highest BCUT2D eigenvalue weighted by Crippen LogP contribution is 1.90. The van der Waals surface area contributed by atoms with Crippen molar-refractivity contribution in [3.8, 4) is 0 Å². The fraction of sp³-hybridized carbons (Fsp3) is 0.375. The van der Waals surface area contributed by atoms with Gasteiger partial charge in [0.1, 0.15) is 7.05 Å². The number of rotatable bonds is 0. The van der Waals surface area contributed by atoms with Crippen LogP contribution in [0.2, 0.25) is 0 Å². The van der Waals surface area contributed by atoms with E-state index in [9.17, 15) is 0 Å². The molecule has 0 aliphatic carbocycles. The SMILES string of the molecule is Cc1cccc(C)[n+]1C. The molecule has 0 aliphatic rings. The summed E-state index contributed by atoms with van der Waals surface area (Å²) in [7, 11) is 2.07. The van der Waals surface area contributed by atoms with E-state index in [0.717, 1.165) is 0 Å². The van der Waals surface area contributed by atoms with Crippen molar-refractivity contribution in [1.29, 1.82) is 0 Å². The van der Waals surface area contributed by atoms with Gasteiger partial charge in [-0.25, -0.2) is 4.57 Å². The minimum absolute atomic E-state index is 1.30. The van der Waals surface area contributed by atoms with E-state index in [0.29, 0.717) is 0 Å². The van der Waals surface area contributed by atoms with Crippen LogP contribution in [0, 0.1) is 13.8 Å². The molecule has 1 heteroatoms. The lowest BCUT2D eigenvalue weighted by atomic mass is 10.3. The van der Waals surface area contributed by atoms with Crippen molar-refractivity contribution in [3.63, 3.8) is 0 Å². The summed E-state index contributed by atoms with van der Waals surface area (Å²) in [6.07, 6.45) is 0. The molecule has 48 valence electrons. The first-order valence-corrected chi connectivity index (χ1v) is 3.14. The van der Waals surface area contributed by atoms with Gasteiger partial charge in [-0.15, -0.1) is 0 Å². The molecule has 0 bridgehead atoms. The van der Waals surface area contributed by atoms with Crippen molar-refractivity contribution < 1.29 is 4.57 Å². The minimum atomic E-state index is 1.30. The van der Waals surface area contributed by atoms with Crippen LogP contribution in [0.25, 0.3) is 0 Å². The standard InChI is InChI=1S/C8H12N/c1-7-5-4-6-8(2)9(7)3/h4-6H,1-3H3/q+1. The molecule has 0 saturated heterocycles. The Kier molecular flexibility index (Phi) is 1.52. The topological polar surface area (TPSA) is 3.88 Å². The molecule has 1 aromatic heterocycles. The molecule has 0 saturated carbocycles. The highest BCUT2D eigenvalue weighted by molar-refractivity contribution is 5.00. The summed E-state index contributed by atoms with van der Waals surface area (Å²) in [5.41, 5.74) is 2.60. The van der Waals surface area contributed by atoms with E-state index >= 15 is 0 Å². The molecule has 0 spiro atoms. The zero-order chi connectivity index (χ0) is 6.85. The second-order valence-corrected chi connectivity index (χ2v) is 2.37. The van der Waals surface area contributed by atoms with Gasteiger partial charge in [0.2, 0.25) is 0 Å². The maximum Gasteiger partial charge on any atom is 0.178 e. The van der Waals surface area contributed by atoms with Gasteiger partial charge in [0.15, 0.2) is 11.4 Å². The maximum atomic E-state index is 2.17. The third-order valence-corrected chi connectivity index (χ3v) is 1.73. The second kappa shape index (κ2) is 2.18.